The molecule has 0 spiro atoms. The van der Waals surface area contributed by atoms with Gasteiger partial charge in [-0.25, -0.2) is 13.5 Å². The van der Waals surface area contributed by atoms with E-state index in [9.17, 15) is 8.78 Å². The topological polar surface area (TPSA) is 27.1 Å². The van der Waals surface area contributed by atoms with Gasteiger partial charge in [-0.15, -0.1) is 0 Å². The van der Waals surface area contributed by atoms with E-state index in [0.717, 1.165) is 5.56 Å². The Morgan fingerprint density at radius 3 is 2.85 bits per heavy atom. The number of aromatic nitrogens is 2. The quantitative estimate of drug-likeness (QED) is 0.724. The van der Waals surface area contributed by atoms with Crippen LogP contribution in [0.15, 0.2) is 6.20 Å². The first-order valence-electron chi connectivity index (χ1n) is 4.08. The molecule has 0 N–H and O–H groups in total. The van der Waals surface area contributed by atoms with E-state index in [1.54, 1.807) is 13.8 Å². The van der Waals surface area contributed by atoms with E-state index in [2.05, 4.69) is 5.10 Å². The van der Waals surface area contributed by atoms with Gasteiger partial charge in [-0.3, -0.25) is 0 Å². The summed E-state index contributed by atoms with van der Waals surface area (Å²) in [5.41, 5.74) is 0.780. The Balaban J connectivity index is 2.80. The molecule has 0 unspecified atom stereocenters. The van der Waals surface area contributed by atoms with Crippen molar-refractivity contribution in [3.8, 4) is 5.88 Å². The van der Waals surface area contributed by atoms with Gasteiger partial charge in [-0.05, 0) is 13.8 Å². The van der Waals surface area contributed by atoms with Crippen molar-refractivity contribution in [1.29, 1.82) is 0 Å². The molecule has 0 fully saturated rings. The smallest absolute Gasteiger partial charge is 0.258 e. The van der Waals surface area contributed by atoms with E-state index in [0.29, 0.717) is 12.5 Å². The van der Waals surface area contributed by atoms with Crippen LogP contribution in [0.4, 0.5) is 8.78 Å². The maximum absolute atomic E-state index is 12.0. The van der Waals surface area contributed by atoms with Gasteiger partial charge in [0.15, 0.2) is 0 Å². The van der Waals surface area contributed by atoms with Gasteiger partial charge in [0.25, 0.3) is 6.43 Å². The monoisotopic (exact) mass is 190 g/mol. The highest BCUT2D eigenvalue weighted by atomic mass is 19.3. The zero-order valence-corrected chi connectivity index (χ0v) is 7.63. The summed E-state index contributed by atoms with van der Waals surface area (Å²) in [6.07, 6.45) is -0.883. The Kier molecular flexibility index (Phi) is 3.22. The third-order valence-electron chi connectivity index (χ3n) is 1.55. The highest BCUT2D eigenvalue weighted by Crippen LogP contribution is 2.17. The highest BCUT2D eigenvalue weighted by molar-refractivity contribution is 5.22. The second-order valence-electron chi connectivity index (χ2n) is 2.64. The largest absolute Gasteiger partial charge is 0.478 e. The van der Waals surface area contributed by atoms with Crippen molar-refractivity contribution in [3.63, 3.8) is 0 Å². The van der Waals surface area contributed by atoms with Crippen LogP contribution in [-0.2, 0) is 6.54 Å². The molecule has 0 saturated heterocycles. The first kappa shape index (κ1) is 9.95. The lowest BCUT2D eigenvalue weighted by molar-refractivity contribution is 0.116. The average Bonchev–Trinajstić information content (AvgIpc) is 2.35. The van der Waals surface area contributed by atoms with E-state index >= 15 is 0 Å². The summed E-state index contributed by atoms with van der Waals surface area (Å²) in [6.45, 7) is 3.62. The molecule has 1 heterocycles. The fraction of sp³-hybridized carbons (Fsp3) is 0.625. The molecular formula is C8H12F2N2O. The maximum atomic E-state index is 12.0. The average molecular weight is 190 g/mol. The summed E-state index contributed by atoms with van der Waals surface area (Å²) < 4.78 is 30.4. The molecule has 74 valence electrons. The number of hydrogen-bond donors (Lipinski definition) is 0. The number of hydrogen-bond acceptors (Lipinski definition) is 2. The van der Waals surface area contributed by atoms with Crippen molar-refractivity contribution < 1.29 is 13.5 Å². The third-order valence-corrected chi connectivity index (χ3v) is 1.55. The molecule has 0 radical (unpaired) electrons. The van der Waals surface area contributed by atoms with Crippen molar-refractivity contribution in [3.05, 3.63) is 11.8 Å². The Labute approximate surface area is 75.3 Å². The van der Waals surface area contributed by atoms with Crippen LogP contribution in [0.2, 0.25) is 0 Å². The molecule has 1 aromatic heterocycles. The predicted molar refractivity (Wildman–Crippen MR) is 44.1 cm³/mol. The van der Waals surface area contributed by atoms with E-state index in [4.69, 9.17) is 4.74 Å². The Bertz CT molecular complexity index is 273. The van der Waals surface area contributed by atoms with Crippen LogP contribution >= 0.6 is 0 Å². The number of ether oxygens (including phenoxy) is 1. The normalized spacial score (nSPS) is 10.8. The van der Waals surface area contributed by atoms with Gasteiger partial charge >= 0.3 is 0 Å². The molecule has 1 aromatic rings. The molecule has 0 saturated carbocycles. The lowest BCUT2D eigenvalue weighted by atomic mass is 10.4. The summed E-state index contributed by atoms with van der Waals surface area (Å²) in [4.78, 5) is 0. The minimum absolute atomic E-state index is 0.414. The number of nitrogens with zero attached hydrogens (tertiary/aromatic N) is 2. The summed E-state index contributed by atoms with van der Waals surface area (Å²) in [7, 11) is 0. The Morgan fingerprint density at radius 1 is 1.62 bits per heavy atom. The molecule has 3 nitrogen and oxygen atoms in total. The minimum atomic E-state index is -2.40. The van der Waals surface area contributed by atoms with Gasteiger partial charge in [0.05, 0.1) is 12.8 Å². The molecule has 0 aliphatic rings. The first-order chi connectivity index (χ1) is 6.15. The maximum Gasteiger partial charge on any atom is 0.258 e. The molecule has 13 heavy (non-hydrogen) atoms. The SMILES string of the molecule is CCOc1c(C)cnn1CC(F)F. The van der Waals surface area contributed by atoms with Crippen molar-refractivity contribution in [2.24, 2.45) is 0 Å². The van der Waals surface area contributed by atoms with Crippen molar-refractivity contribution in [2.75, 3.05) is 6.61 Å². The van der Waals surface area contributed by atoms with Crippen LogP contribution in [0.5, 0.6) is 5.88 Å². The number of aryl methyl sites for hydroxylation is 1. The standard InChI is InChI=1S/C8H12F2N2O/c1-3-13-8-6(2)4-11-12(8)5-7(9)10/h4,7H,3,5H2,1-2H3. The van der Waals surface area contributed by atoms with Gasteiger partial charge < -0.3 is 4.74 Å². The first-order valence-corrected chi connectivity index (χ1v) is 4.08. The molecular weight excluding hydrogens is 178 g/mol. The summed E-state index contributed by atoms with van der Waals surface area (Å²) in [6, 6.07) is 0. The van der Waals surface area contributed by atoms with Gasteiger partial charge in [-0.1, -0.05) is 0 Å². The predicted octanol–water partition coefficient (Wildman–Crippen LogP) is 1.86. The Morgan fingerprint density at radius 2 is 2.31 bits per heavy atom. The van der Waals surface area contributed by atoms with E-state index in [-0.39, 0.29) is 0 Å². The van der Waals surface area contributed by atoms with Crippen LogP contribution < -0.4 is 4.74 Å². The van der Waals surface area contributed by atoms with Crippen LogP contribution in [0, 0.1) is 6.92 Å². The minimum Gasteiger partial charge on any atom is -0.478 e. The number of halogens is 2. The van der Waals surface area contributed by atoms with Crippen molar-refractivity contribution in [1.82, 2.24) is 9.78 Å². The number of alkyl halides is 2. The lowest BCUT2D eigenvalue weighted by Crippen LogP contribution is -2.10. The molecule has 0 amide bonds. The second kappa shape index (κ2) is 4.20. The fourth-order valence-electron chi connectivity index (χ4n) is 1.05. The molecule has 1 rings (SSSR count). The zero-order valence-electron chi connectivity index (χ0n) is 7.63. The highest BCUT2D eigenvalue weighted by Gasteiger charge is 2.12. The lowest BCUT2D eigenvalue weighted by Gasteiger charge is -2.07. The van der Waals surface area contributed by atoms with Gasteiger partial charge in [0.1, 0.15) is 6.54 Å². The zero-order chi connectivity index (χ0) is 9.84. The van der Waals surface area contributed by atoms with Gasteiger partial charge in [0, 0.05) is 5.56 Å². The summed E-state index contributed by atoms with van der Waals surface area (Å²) in [5, 5.41) is 3.79. The van der Waals surface area contributed by atoms with Crippen LogP contribution in [0.25, 0.3) is 0 Å². The molecule has 5 heteroatoms. The van der Waals surface area contributed by atoms with Gasteiger partial charge in [-0.2, -0.15) is 5.10 Å². The van der Waals surface area contributed by atoms with Crippen LogP contribution in [0.1, 0.15) is 12.5 Å². The third kappa shape index (κ3) is 2.40. The van der Waals surface area contributed by atoms with Crippen molar-refractivity contribution >= 4 is 0 Å². The van der Waals surface area contributed by atoms with Crippen molar-refractivity contribution in [2.45, 2.75) is 26.8 Å². The Hall–Kier alpha value is -1.13. The molecule has 0 aliphatic carbocycles. The van der Waals surface area contributed by atoms with E-state index in [1.165, 1.54) is 10.9 Å². The molecule has 0 aromatic carbocycles. The number of rotatable bonds is 4. The summed E-state index contributed by atoms with van der Waals surface area (Å²) in [5.74, 6) is 0.433. The molecule has 0 atom stereocenters. The molecule has 0 bridgehead atoms. The van der Waals surface area contributed by atoms with Gasteiger partial charge in [0.2, 0.25) is 5.88 Å². The van der Waals surface area contributed by atoms with E-state index < -0.39 is 13.0 Å². The van der Waals surface area contributed by atoms with E-state index in [1.807, 2.05) is 0 Å². The van der Waals surface area contributed by atoms with Crippen LogP contribution in [-0.4, -0.2) is 22.8 Å². The van der Waals surface area contributed by atoms with Crippen LogP contribution in [0.3, 0.4) is 0 Å². The fourth-order valence-corrected chi connectivity index (χ4v) is 1.05. The molecule has 0 aliphatic heterocycles. The summed E-state index contributed by atoms with van der Waals surface area (Å²) >= 11 is 0. The second-order valence-corrected chi connectivity index (χ2v) is 2.64.